The van der Waals surface area contributed by atoms with Crippen LogP contribution >= 0.6 is 0 Å². The smallest absolute Gasteiger partial charge is 0.220 e. The molecule has 22 heavy (non-hydrogen) atoms. The van der Waals surface area contributed by atoms with Crippen LogP contribution in [0.2, 0.25) is 0 Å². The Morgan fingerprint density at radius 3 is 2.91 bits per heavy atom. The van der Waals surface area contributed by atoms with Crippen LogP contribution in [0.25, 0.3) is 11.3 Å². The second kappa shape index (κ2) is 7.64. The summed E-state index contributed by atoms with van der Waals surface area (Å²) in [5.41, 5.74) is 1.74. The fourth-order valence-corrected chi connectivity index (χ4v) is 2.11. The van der Waals surface area contributed by atoms with E-state index in [1.165, 1.54) is 0 Å². The van der Waals surface area contributed by atoms with Crippen LogP contribution in [0, 0.1) is 5.92 Å². The van der Waals surface area contributed by atoms with E-state index in [-0.39, 0.29) is 5.91 Å². The zero-order chi connectivity index (χ0) is 15.9. The number of nitrogens with zero attached hydrogens (tertiary/aromatic N) is 1. The van der Waals surface area contributed by atoms with E-state index in [1.807, 2.05) is 44.2 Å². The van der Waals surface area contributed by atoms with Crippen molar-refractivity contribution in [1.82, 2.24) is 10.5 Å². The van der Waals surface area contributed by atoms with Crippen LogP contribution in [0.3, 0.4) is 0 Å². The highest BCUT2D eigenvalue weighted by atomic mass is 16.5. The van der Waals surface area contributed by atoms with E-state index in [1.54, 1.807) is 7.11 Å². The van der Waals surface area contributed by atoms with E-state index < -0.39 is 0 Å². The maximum atomic E-state index is 11.6. The molecule has 0 aliphatic rings. The Kier molecular flexibility index (Phi) is 5.58. The Morgan fingerprint density at radius 2 is 2.18 bits per heavy atom. The van der Waals surface area contributed by atoms with Gasteiger partial charge in [0.15, 0.2) is 5.76 Å². The monoisotopic (exact) mass is 302 g/mol. The van der Waals surface area contributed by atoms with E-state index in [0.717, 1.165) is 17.0 Å². The standard InChI is InChI=1S/C17H22N2O3/c1-12(2)9-17(20)18-8-7-14-11-16(22-19-14)13-5-4-6-15(10-13)21-3/h4-6,10-12H,7-9H2,1-3H3,(H,18,20). The lowest BCUT2D eigenvalue weighted by atomic mass is 10.1. The van der Waals surface area contributed by atoms with Crippen LogP contribution in [-0.4, -0.2) is 24.7 Å². The molecule has 2 rings (SSSR count). The summed E-state index contributed by atoms with van der Waals surface area (Å²) >= 11 is 0. The number of aromatic nitrogens is 1. The average Bonchev–Trinajstić information content (AvgIpc) is 2.95. The number of nitrogens with one attached hydrogen (secondary N) is 1. The number of carbonyl (C=O) groups is 1. The lowest BCUT2D eigenvalue weighted by Gasteiger charge is -2.05. The summed E-state index contributed by atoms with van der Waals surface area (Å²) in [7, 11) is 1.63. The van der Waals surface area contributed by atoms with Crippen molar-refractivity contribution in [2.24, 2.45) is 5.92 Å². The van der Waals surface area contributed by atoms with Crippen LogP contribution in [-0.2, 0) is 11.2 Å². The molecule has 0 spiro atoms. The van der Waals surface area contributed by atoms with Crippen molar-refractivity contribution in [2.45, 2.75) is 26.7 Å². The molecule has 0 atom stereocenters. The van der Waals surface area contributed by atoms with Gasteiger partial charge in [-0.1, -0.05) is 31.1 Å². The maximum absolute atomic E-state index is 11.6. The molecular weight excluding hydrogens is 280 g/mol. The molecule has 5 nitrogen and oxygen atoms in total. The van der Waals surface area contributed by atoms with Gasteiger partial charge in [-0.15, -0.1) is 0 Å². The normalized spacial score (nSPS) is 10.7. The molecule has 0 radical (unpaired) electrons. The molecule has 118 valence electrons. The Hall–Kier alpha value is -2.30. The van der Waals surface area contributed by atoms with E-state index in [0.29, 0.717) is 31.1 Å². The van der Waals surface area contributed by atoms with Crippen LogP contribution in [0.5, 0.6) is 5.75 Å². The summed E-state index contributed by atoms with van der Waals surface area (Å²) in [5, 5.41) is 6.93. The van der Waals surface area contributed by atoms with Crippen molar-refractivity contribution < 1.29 is 14.1 Å². The second-order valence-corrected chi connectivity index (χ2v) is 5.61. The molecule has 0 aliphatic carbocycles. The van der Waals surface area contributed by atoms with Crippen LogP contribution < -0.4 is 10.1 Å². The fourth-order valence-electron chi connectivity index (χ4n) is 2.11. The van der Waals surface area contributed by atoms with Gasteiger partial charge in [-0.2, -0.15) is 0 Å². The Balaban J connectivity index is 1.90. The molecule has 0 fully saturated rings. The van der Waals surface area contributed by atoms with E-state index in [9.17, 15) is 4.79 Å². The molecule has 0 saturated heterocycles. The lowest BCUT2D eigenvalue weighted by Crippen LogP contribution is -2.26. The lowest BCUT2D eigenvalue weighted by molar-refractivity contribution is -0.121. The maximum Gasteiger partial charge on any atom is 0.220 e. The van der Waals surface area contributed by atoms with Gasteiger partial charge in [0, 0.05) is 31.0 Å². The fraction of sp³-hybridized carbons (Fsp3) is 0.412. The molecule has 1 heterocycles. The molecule has 0 aliphatic heterocycles. The Labute approximate surface area is 130 Å². The van der Waals surface area contributed by atoms with Crippen LogP contribution in [0.1, 0.15) is 26.0 Å². The highest BCUT2D eigenvalue weighted by molar-refractivity contribution is 5.76. The zero-order valence-electron chi connectivity index (χ0n) is 13.3. The summed E-state index contributed by atoms with van der Waals surface area (Å²) in [6.07, 6.45) is 1.20. The molecule has 2 aromatic rings. The Morgan fingerprint density at radius 1 is 1.36 bits per heavy atom. The third kappa shape index (κ3) is 4.62. The summed E-state index contributed by atoms with van der Waals surface area (Å²) in [6, 6.07) is 9.52. The topological polar surface area (TPSA) is 64.4 Å². The molecular formula is C17H22N2O3. The van der Waals surface area contributed by atoms with E-state index in [2.05, 4.69) is 10.5 Å². The molecule has 1 aromatic carbocycles. The number of amides is 1. The Bertz CT molecular complexity index is 620. The number of benzene rings is 1. The van der Waals surface area contributed by atoms with Gasteiger partial charge >= 0.3 is 0 Å². The van der Waals surface area contributed by atoms with Gasteiger partial charge in [0.25, 0.3) is 0 Å². The molecule has 1 amide bonds. The average molecular weight is 302 g/mol. The highest BCUT2D eigenvalue weighted by Gasteiger charge is 2.09. The van der Waals surface area contributed by atoms with Gasteiger partial charge < -0.3 is 14.6 Å². The first-order valence-electron chi connectivity index (χ1n) is 7.45. The highest BCUT2D eigenvalue weighted by Crippen LogP contribution is 2.24. The number of rotatable bonds is 7. The molecule has 5 heteroatoms. The van der Waals surface area contributed by atoms with Gasteiger partial charge in [-0.05, 0) is 18.1 Å². The number of carbonyl (C=O) groups excluding carboxylic acids is 1. The number of methoxy groups -OCH3 is 1. The summed E-state index contributed by atoms with van der Waals surface area (Å²) in [6.45, 7) is 4.62. The van der Waals surface area contributed by atoms with Crippen LogP contribution in [0.15, 0.2) is 34.9 Å². The molecule has 0 bridgehead atoms. The summed E-state index contributed by atoms with van der Waals surface area (Å²) in [4.78, 5) is 11.6. The quantitative estimate of drug-likeness (QED) is 0.853. The SMILES string of the molecule is COc1cccc(-c2cc(CCNC(=O)CC(C)C)no2)c1. The first-order chi connectivity index (χ1) is 10.6. The zero-order valence-corrected chi connectivity index (χ0v) is 13.3. The minimum absolute atomic E-state index is 0.0755. The van der Waals surface area contributed by atoms with E-state index in [4.69, 9.17) is 9.26 Å². The predicted octanol–water partition coefficient (Wildman–Crippen LogP) is 3.06. The van der Waals surface area contributed by atoms with Gasteiger partial charge in [0.05, 0.1) is 12.8 Å². The first-order valence-corrected chi connectivity index (χ1v) is 7.45. The third-order valence-corrected chi connectivity index (χ3v) is 3.21. The van der Waals surface area contributed by atoms with Gasteiger partial charge in [-0.25, -0.2) is 0 Å². The minimum Gasteiger partial charge on any atom is -0.497 e. The van der Waals surface area contributed by atoms with Gasteiger partial charge in [0.2, 0.25) is 5.91 Å². The van der Waals surface area contributed by atoms with Crippen molar-refractivity contribution in [3.63, 3.8) is 0 Å². The van der Waals surface area contributed by atoms with Gasteiger partial charge in [0.1, 0.15) is 5.75 Å². The minimum atomic E-state index is 0.0755. The molecule has 1 aromatic heterocycles. The second-order valence-electron chi connectivity index (χ2n) is 5.61. The first kappa shape index (κ1) is 16.1. The third-order valence-electron chi connectivity index (χ3n) is 3.21. The van der Waals surface area contributed by atoms with E-state index >= 15 is 0 Å². The van der Waals surface area contributed by atoms with Gasteiger partial charge in [-0.3, -0.25) is 4.79 Å². The number of ether oxygens (including phenoxy) is 1. The summed E-state index contributed by atoms with van der Waals surface area (Å²) < 4.78 is 10.6. The number of hydrogen-bond donors (Lipinski definition) is 1. The number of hydrogen-bond acceptors (Lipinski definition) is 4. The molecule has 0 unspecified atom stereocenters. The molecule has 1 N–H and O–H groups in total. The van der Waals surface area contributed by atoms with Crippen molar-refractivity contribution >= 4 is 5.91 Å². The van der Waals surface area contributed by atoms with Crippen LogP contribution in [0.4, 0.5) is 0 Å². The van der Waals surface area contributed by atoms with Crippen molar-refractivity contribution in [3.8, 4) is 17.1 Å². The summed E-state index contributed by atoms with van der Waals surface area (Å²) in [5.74, 6) is 1.91. The molecule has 0 saturated carbocycles. The van der Waals surface area contributed by atoms with Crippen molar-refractivity contribution in [3.05, 3.63) is 36.0 Å². The largest absolute Gasteiger partial charge is 0.497 e. The van der Waals surface area contributed by atoms with Crippen molar-refractivity contribution in [2.75, 3.05) is 13.7 Å². The predicted molar refractivity (Wildman–Crippen MR) is 84.7 cm³/mol. The van der Waals surface area contributed by atoms with Crippen molar-refractivity contribution in [1.29, 1.82) is 0 Å².